The third-order valence-corrected chi connectivity index (χ3v) is 8.99. The zero-order chi connectivity index (χ0) is 27.2. The third kappa shape index (κ3) is 7.67. The van der Waals surface area contributed by atoms with Gasteiger partial charge in [0.15, 0.2) is 0 Å². The van der Waals surface area contributed by atoms with E-state index in [1.807, 2.05) is 59.5 Å². The molecule has 0 aromatic heterocycles. The van der Waals surface area contributed by atoms with Crippen molar-refractivity contribution >= 4 is 51.8 Å². The number of carbonyl (C=O) groups excluding carboxylic acids is 2. The maximum atomic E-state index is 13.4. The van der Waals surface area contributed by atoms with Crippen molar-refractivity contribution in [1.82, 2.24) is 15.1 Å². The van der Waals surface area contributed by atoms with Crippen LogP contribution in [-0.2, 0) is 22.6 Å². The Labute approximate surface area is 256 Å². The average Bonchev–Trinajstić information content (AvgIpc) is 3.23. The molecular weight excluding hydrogens is 609 g/mol. The lowest BCUT2D eigenvalue weighted by molar-refractivity contribution is -0.139. The Balaban J connectivity index is 0.00000370. The number of hydrogen-bond acceptors (Lipinski definition) is 3. The monoisotopic (exact) mass is 643 g/mol. The molecule has 0 bridgehead atoms. The number of carbonyl (C=O) groups is 2. The summed E-state index contributed by atoms with van der Waals surface area (Å²) in [5.74, 6) is 0.312. The van der Waals surface area contributed by atoms with E-state index in [1.165, 1.54) is 5.56 Å². The molecule has 3 aromatic rings. The van der Waals surface area contributed by atoms with Gasteiger partial charge in [-0.25, -0.2) is 0 Å². The van der Waals surface area contributed by atoms with Gasteiger partial charge in [-0.3, -0.25) is 9.59 Å². The first kappa shape index (κ1) is 30.6. The molecule has 1 atom stereocenters. The van der Waals surface area contributed by atoms with Crippen LogP contribution >= 0.6 is 39.9 Å². The van der Waals surface area contributed by atoms with Gasteiger partial charge in [-0.05, 0) is 79.7 Å². The van der Waals surface area contributed by atoms with Gasteiger partial charge in [0.25, 0.3) is 0 Å². The summed E-state index contributed by atoms with van der Waals surface area (Å²) in [4.78, 5) is 30.9. The van der Waals surface area contributed by atoms with E-state index < -0.39 is 0 Å². The fourth-order valence-electron chi connectivity index (χ4n) is 5.92. The zero-order valence-electron chi connectivity index (χ0n) is 22.5. The fraction of sp³-hybridized carbons (Fsp3) is 0.375. The largest absolute Gasteiger partial charge is 0.349 e. The summed E-state index contributed by atoms with van der Waals surface area (Å²) in [6.45, 7) is 4.23. The number of rotatable bonds is 9. The molecule has 2 saturated heterocycles. The highest BCUT2D eigenvalue weighted by atomic mass is 79.9. The number of benzene rings is 3. The van der Waals surface area contributed by atoms with Crippen molar-refractivity contribution in [2.24, 2.45) is 5.41 Å². The van der Waals surface area contributed by atoms with Gasteiger partial charge >= 0.3 is 0 Å². The van der Waals surface area contributed by atoms with E-state index in [-0.39, 0.29) is 29.8 Å². The summed E-state index contributed by atoms with van der Waals surface area (Å²) >= 11 is 9.59. The van der Waals surface area contributed by atoms with Crippen molar-refractivity contribution in [3.63, 3.8) is 0 Å². The van der Waals surface area contributed by atoms with Gasteiger partial charge in [0.1, 0.15) is 0 Å². The molecule has 5 nitrogen and oxygen atoms in total. The van der Waals surface area contributed by atoms with E-state index in [4.69, 9.17) is 11.6 Å². The summed E-state index contributed by atoms with van der Waals surface area (Å²) in [7, 11) is 0. The molecule has 5 rings (SSSR count). The van der Waals surface area contributed by atoms with Crippen molar-refractivity contribution in [3.05, 3.63) is 105 Å². The summed E-state index contributed by atoms with van der Waals surface area (Å²) in [6, 6.07) is 25.8. The lowest BCUT2D eigenvalue weighted by Gasteiger charge is -2.38. The summed E-state index contributed by atoms with van der Waals surface area (Å²) in [5.41, 5.74) is 2.98. The van der Waals surface area contributed by atoms with Gasteiger partial charge in [0.05, 0.1) is 17.9 Å². The van der Waals surface area contributed by atoms with E-state index in [1.54, 1.807) is 0 Å². The first-order valence-corrected chi connectivity index (χ1v) is 14.9. The van der Waals surface area contributed by atoms with Crippen LogP contribution in [0.15, 0.2) is 83.3 Å². The Hall–Kier alpha value is -2.38. The molecule has 0 aliphatic carbocycles. The van der Waals surface area contributed by atoms with Crippen molar-refractivity contribution in [1.29, 1.82) is 0 Å². The number of piperidine rings is 1. The van der Waals surface area contributed by atoms with Gasteiger partial charge in [0, 0.05) is 29.1 Å². The molecule has 0 saturated carbocycles. The molecule has 2 heterocycles. The number of amides is 2. The molecule has 3 aromatic carbocycles. The maximum Gasteiger partial charge on any atom is 0.229 e. The summed E-state index contributed by atoms with van der Waals surface area (Å²) in [5, 5.41) is 3.90. The van der Waals surface area contributed by atoms with E-state index in [0.29, 0.717) is 23.9 Å². The predicted molar refractivity (Wildman–Crippen MR) is 167 cm³/mol. The SMILES string of the molecule is Cl.O=C(Cc1cccc(Cl)c1)NC(CCN1CCC2(CC1)CCN(Cc1ccc(Br)cc1)C2=O)c1ccccc1. The number of likely N-dealkylation sites (tertiary alicyclic amines) is 2. The second kappa shape index (κ2) is 14.0. The molecule has 1 spiro atoms. The molecule has 2 aliphatic rings. The van der Waals surface area contributed by atoms with E-state index in [9.17, 15) is 9.59 Å². The van der Waals surface area contributed by atoms with Crippen LogP contribution in [0.3, 0.4) is 0 Å². The van der Waals surface area contributed by atoms with Crippen LogP contribution in [-0.4, -0.2) is 47.8 Å². The van der Waals surface area contributed by atoms with Gasteiger partial charge < -0.3 is 15.1 Å². The highest BCUT2D eigenvalue weighted by Gasteiger charge is 2.47. The van der Waals surface area contributed by atoms with Crippen LogP contribution in [0.1, 0.15) is 48.4 Å². The standard InChI is InChI=1S/C32H35BrClN3O2.ClH/c33-27-11-9-24(10-12-27)23-37-20-16-32(31(37)39)14-18-36(19-15-32)17-13-29(26-6-2-1-3-7-26)35-30(38)22-25-5-4-8-28(34)21-25;/h1-12,21,29H,13-20,22-23H2,(H,35,38);1H. The molecule has 8 heteroatoms. The van der Waals surface area contributed by atoms with Crippen molar-refractivity contribution in [2.45, 2.75) is 44.7 Å². The van der Waals surface area contributed by atoms with E-state index in [2.05, 4.69) is 50.4 Å². The Morgan fingerprint density at radius 1 is 0.925 bits per heavy atom. The topological polar surface area (TPSA) is 52.7 Å². The maximum absolute atomic E-state index is 13.4. The van der Waals surface area contributed by atoms with Crippen LogP contribution in [0.5, 0.6) is 0 Å². The predicted octanol–water partition coefficient (Wildman–Crippen LogP) is 6.83. The Bertz CT molecular complexity index is 1280. The van der Waals surface area contributed by atoms with Crippen molar-refractivity contribution < 1.29 is 9.59 Å². The Kier molecular flexibility index (Phi) is 10.7. The molecule has 212 valence electrons. The highest BCUT2D eigenvalue weighted by Crippen LogP contribution is 2.42. The Morgan fingerprint density at radius 3 is 2.33 bits per heavy atom. The number of nitrogens with zero attached hydrogens (tertiary/aromatic N) is 2. The molecule has 0 radical (unpaired) electrons. The summed E-state index contributed by atoms with van der Waals surface area (Å²) in [6.07, 6.45) is 3.87. The molecule has 1 unspecified atom stereocenters. The third-order valence-electron chi connectivity index (χ3n) is 8.23. The van der Waals surface area contributed by atoms with Crippen LogP contribution in [0.2, 0.25) is 5.02 Å². The van der Waals surface area contributed by atoms with Gasteiger partial charge in [-0.2, -0.15) is 0 Å². The number of hydrogen-bond donors (Lipinski definition) is 1. The van der Waals surface area contributed by atoms with Gasteiger partial charge in [0.2, 0.25) is 11.8 Å². The van der Waals surface area contributed by atoms with Crippen LogP contribution < -0.4 is 5.32 Å². The lowest BCUT2D eigenvalue weighted by atomic mass is 9.77. The first-order valence-electron chi connectivity index (χ1n) is 13.8. The fourth-order valence-corrected chi connectivity index (χ4v) is 6.40. The average molecular weight is 645 g/mol. The number of nitrogens with one attached hydrogen (secondary N) is 1. The van der Waals surface area contributed by atoms with Gasteiger partial charge in [-0.1, -0.05) is 82.1 Å². The summed E-state index contributed by atoms with van der Waals surface area (Å²) < 4.78 is 1.05. The molecular formula is C32H36BrCl2N3O2. The highest BCUT2D eigenvalue weighted by molar-refractivity contribution is 9.10. The quantitative estimate of drug-likeness (QED) is 0.278. The van der Waals surface area contributed by atoms with E-state index in [0.717, 1.165) is 67.5 Å². The van der Waals surface area contributed by atoms with Crippen LogP contribution in [0.25, 0.3) is 0 Å². The van der Waals surface area contributed by atoms with Crippen molar-refractivity contribution in [3.8, 4) is 0 Å². The molecule has 2 aliphatic heterocycles. The van der Waals surface area contributed by atoms with Crippen molar-refractivity contribution in [2.75, 3.05) is 26.2 Å². The van der Waals surface area contributed by atoms with Crippen LogP contribution in [0.4, 0.5) is 0 Å². The van der Waals surface area contributed by atoms with E-state index >= 15 is 0 Å². The number of halogens is 3. The smallest absolute Gasteiger partial charge is 0.229 e. The minimum atomic E-state index is -0.212. The normalized spacial score (nSPS) is 17.4. The molecule has 2 fully saturated rings. The molecule has 40 heavy (non-hydrogen) atoms. The Morgan fingerprint density at radius 2 is 1.62 bits per heavy atom. The minimum Gasteiger partial charge on any atom is -0.349 e. The molecule has 1 N–H and O–H groups in total. The first-order chi connectivity index (χ1) is 18.9. The molecule has 2 amide bonds. The van der Waals surface area contributed by atoms with Crippen LogP contribution in [0, 0.1) is 5.41 Å². The second-order valence-corrected chi connectivity index (χ2v) is 12.2. The lowest BCUT2D eigenvalue weighted by Crippen LogP contribution is -2.45. The second-order valence-electron chi connectivity index (χ2n) is 10.9. The van der Waals surface area contributed by atoms with Gasteiger partial charge in [-0.15, -0.1) is 12.4 Å². The minimum absolute atomic E-state index is 0. The zero-order valence-corrected chi connectivity index (χ0v) is 25.7.